The molecule has 3 amide bonds. The molecule has 1 aliphatic rings. The van der Waals surface area contributed by atoms with E-state index >= 15 is 0 Å². The standard InChI is InChI=1S/C38H42N6O5/c1-7-35(45)40-33-22-27(13-16-31(33)37(47)44-19-17-29(49-6)18-20-44)39-34-21-26(23-43(5)38(34)48)30-9-8-10-32(24(30)2)41-36(46)25-11-14-28(15-12-25)42(3)4/h7-16,21-23,29,39H,1,17-20H2,2-6H3,(H,40,45)(H,41,46). The lowest BCUT2D eigenvalue weighted by Crippen LogP contribution is -2.40. The van der Waals surface area contributed by atoms with Gasteiger partial charge in [-0.15, -0.1) is 0 Å². The van der Waals surface area contributed by atoms with Crippen molar-refractivity contribution in [3.05, 3.63) is 113 Å². The minimum Gasteiger partial charge on any atom is -0.381 e. The minimum absolute atomic E-state index is 0.116. The molecule has 3 aromatic carbocycles. The van der Waals surface area contributed by atoms with E-state index in [9.17, 15) is 19.2 Å². The number of carbonyl (C=O) groups excluding carboxylic acids is 3. The van der Waals surface area contributed by atoms with E-state index in [4.69, 9.17) is 4.74 Å². The molecule has 5 rings (SSSR count). The summed E-state index contributed by atoms with van der Waals surface area (Å²) in [4.78, 5) is 56.0. The Balaban J connectivity index is 1.42. The molecule has 11 heteroatoms. The third-order valence-electron chi connectivity index (χ3n) is 8.76. The molecule has 0 atom stereocenters. The highest BCUT2D eigenvalue weighted by Crippen LogP contribution is 2.31. The zero-order valence-corrected chi connectivity index (χ0v) is 28.5. The van der Waals surface area contributed by atoms with Gasteiger partial charge < -0.3 is 35.1 Å². The molecule has 3 N–H and O–H groups in total. The topological polar surface area (TPSA) is 125 Å². The van der Waals surface area contributed by atoms with Crippen molar-refractivity contribution in [1.82, 2.24) is 9.47 Å². The first kappa shape index (κ1) is 34.6. The van der Waals surface area contributed by atoms with Crippen molar-refractivity contribution in [3.63, 3.8) is 0 Å². The van der Waals surface area contributed by atoms with Gasteiger partial charge in [0.1, 0.15) is 5.69 Å². The molecule has 49 heavy (non-hydrogen) atoms. The number of rotatable bonds is 10. The number of methoxy groups -OCH3 is 1. The summed E-state index contributed by atoms with van der Waals surface area (Å²) in [6, 6.07) is 19.7. The van der Waals surface area contributed by atoms with Crippen LogP contribution in [-0.2, 0) is 16.6 Å². The van der Waals surface area contributed by atoms with Crippen LogP contribution in [0.3, 0.4) is 0 Å². The van der Waals surface area contributed by atoms with Crippen molar-refractivity contribution >= 4 is 46.2 Å². The first-order valence-corrected chi connectivity index (χ1v) is 16.0. The van der Waals surface area contributed by atoms with Gasteiger partial charge in [-0.1, -0.05) is 18.7 Å². The normalized spacial score (nSPS) is 13.0. The smallest absolute Gasteiger partial charge is 0.274 e. The Bertz CT molecular complexity index is 1940. The van der Waals surface area contributed by atoms with Crippen LogP contribution in [0.4, 0.5) is 28.4 Å². The quantitative estimate of drug-likeness (QED) is 0.184. The summed E-state index contributed by atoms with van der Waals surface area (Å²) >= 11 is 0. The number of aryl methyl sites for hydroxylation is 1. The molecule has 2 heterocycles. The Kier molecular flexibility index (Phi) is 10.6. The number of nitrogens with zero attached hydrogens (tertiary/aromatic N) is 3. The Hall–Kier alpha value is -5.68. The number of ether oxygens (including phenoxy) is 1. The first-order valence-electron chi connectivity index (χ1n) is 16.0. The van der Waals surface area contributed by atoms with Gasteiger partial charge in [0.15, 0.2) is 0 Å². The molecule has 254 valence electrons. The molecule has 0 radical (unpaired) electrons. The van der Waals surface area contributed by atoms with Crippen LogP contribution in [0, 0.1) is 6.92 Å². The molecule has 0 aliphatic carbocycles. The highest BCUT2D eigenvalue weighted by molar-refractivity contribution is 6.07. The molecule has 0 saturated carbocycles. The highest BCUT2D eigenvalue weighted by Gasteiger charge is 2.25. The number of nitrogens with one attached hydrogen (secondary N) is 3. The molecule has 1 fully saturated rings. The summed E-state index contributed by atoms with van der Waals surface area (Å²) in [5.41, 5.74) is 5.75. The van der Waals surface area contributed by atoms with Gasteiger partial charge in [-0.2, -0.15) is 0 Å². The predicted molar refractivity (Wildman–Crippen MR) is 195 cm³/mol. The average molecular weight is 663 g/mol. The van der Waals surface area contributed by atoms with E-state index < -0.39 is 5.91 Å². The minimum atomic E-state index is -0.463. The molecular formula is C38H42N6O5. The van der Waals surface area contributed by atoms with Crippen molar-refractivity contribution in [3.8, 4) is 11.1 Å². The number of pyridine rings is 1. The number of likely N-dealkylation sites (tertiary alicyclic amines) is 1. The SMILES string of the molecule is C=CC(=O)Nc1cc(Nc2cc(-c3cccc(NC(=O)c4ccc(N(C)C)cc4)c3C)cn(C)c2=O)ccc1C(=O)N1CCC(OC)CC1. The largest absolute Gasteiger partial charge is 0.381 e. The van der Waals surface area contributed by atoms with Crippen LogP contribution < -0.4 is 26.4 Å². The molecule has 0 unspecified atom stereocenters. The lowest BCUT2D eigenvalue weighted by Gasteiger charge is -2.31. The van der Waals surface area contributed by atoms with Crippen LogP contribution >= 0.6 is 0 Å². The molecule has 4 aromatic rings. The highest BCUT2D eigenvalue weighted by atomic mass is 16.5. The van der Waals surface area contributed by atoms with Gasteiger partial charge in [0, 0.05) is 75.7 Å². The fourth-order valence-electron chi connectivity index (χ4n) is 5.85. The van der Waals surface area contributed by atoms with E-state index in [1.54, 1.807) is 61.7 Å². The molecule has 1 aromatic heterocycles. The first-order chi connectivity index (χ1) is 23.5. The molecule has 0 bridgehead atoms. The molecule has 1 aliphatic heterocycles. The van der Waals surface area contributed by atoms with E-state index in [2.05, 4.69) is 22.5 Å². The zero-order chi connectivity index (χ0) is 35.2. The van der Waals surface area contributed by atoms with Crippen LogP contribution in [-0.4, -0.2) is 67.6 Å². The van der Waals surface area contributed by atoms with E-state index in [-0.39, 0.29) is 29.2 Å². The Morgan fingerprint density at radius 3 is 2.31 bits per heavy atom. The predicted octanol–water partition coefficient (Wildman–Crippen LogP) is 5.80. The van der Waals surface area contributed by atoms with E-state index in [1.165, 1.54) is 4.57 Å². The second kappa shape index (κ2) is 15.0. The van der Waals surface area contributed by atoms with Crippen LogP contribution in [0.15, 0.2) is 90.4 Å². The molecular weight excluding hydrogens is 620 g/mol. The van der Waals surface area contributed by atoms with Gasteiger partial charge in [-0.05, 0) is 91.6 Å². The number of benzene rings is 3. The number of piperidine rings is 1. The maximum absolute atomic E-state index is 13.5. The van der Waals surface area contributed by atoms with Crippen molar-refractivity contribution in [2.45, 2.75) is 25.9 Å². The monoisotopic (exact) mass is 662 g/mol. The van der Waals surface area contributed by atoms with Gasteiger partial charge in [0.2, 0.25) is 5.91 Å². The third kappa shape index (κ3) is 7.90. The van der Waals surface area contributed by atoms with Crippen molar-refractivity contribution < 1.29 is 19.1 Å². The van der Waals surface area contributed by atoms with Gasteiger partial charge in [0.25, 0.3) is 17.4 Å². The average Bonchev–Trinajstić information content (AvgIpc) is 3.10. The maximum Gasteiger partial charge on any atom is 0.274 e. The Morgan fingerprint density at radius 1 is 0.939 bits per heavy atom. The second-order valence-electron chi connectivity index (χ2n) is 12.2. The number of carbonyl (C=O) groups is 3. The summed E-state index contributed by atoms with van der Waals surface area (Å²) in [6.07, 6.45) is 4.46. The van der Waals surface area contributed by atoms with Crippen LogP contribution in [0.1, 0.15) is 39.1 Å². The number of aromatic nitrogens is 1. The summed E-state index contributed by atoms with van der Waals surface area (Å²) < 4.78 is 6.92. The van der Waals surface area contributed by atoms with Crippen LogP contribution in [0.25, 0.3) is 11.1 Å². The fourth-order valence-corrected chi connectivity index (χ4v) is 5.85. The summed E-state index contributed by atoms with van der Waals surface area (Å²) in [5, 5.41) is 8.96. The van der Waals surface area contributed by atoms with E-state index in [0.717, 1.165) is 41.3 Å². The summed E-state index contributed by atoms with van der Waals surface area (Å²) in [6.45, 7) is 6.54. The van der Waals surface area contributed by atoms with Gasteiger partial charge >= 0.3 is 0 Å². The van der Waals surface area contributed by atoms with Gasteiger partial charge in [0.05, 0.1) is 17.4 Å². The molecule has 11 nitrogen and oxygen atoms in total. The Labute approximate surface area is 286 Å². The molecule has 1 saturated heterocycles. The number of amides is 3. The van der Waals surface area contributed by atoms with Gasteiger partial charge in [-0.3, -0.25) is 19.2 Å². The summed E-state index contributed by atoms with van der Waals surface area (Å²) in [7, 11) is 7.22. The van der Waals surface area contributed by atoms with Crippen molar-refractivity contribution in [2.75, 3.05) is 55.1 Å². The van der Waals surface area contributed by atoms with Gasteiger partial charge in [-0.25, -0.2) is 0 Å². The number of hydrogen-bond acceptors (Lipinski definition) is 7. The van der Waals surface area contributed by atoms with Crippen molar-refractivity contribution in [2.24, 2.45) is 7.05 Å². The summed E-state index contributed by atoms with van der Waals surface area (Å²) in [5.74, 6) is -0.893. The second-order valence-corrected chi connectivity index (χ2v) is 12.2. The Morgan fingerprint density at radius 2 is 1.65 bits per heavy atom. The zero-order valence-electron chi connectivity index (χ0n) is 28.5. The van der Waals surface area contributed by atoms with Crippen LogP contribution in [0.5, 0.6) is 0 Å². The maximum atomic E-state index is 13.5. The number of anilines is 5. The lowest BCUT2D eigenvalue weighted by atomic mass is 9.99. The molecule has 0 spiro atoms. The van der Waals surface area contributed by atoms with E-state index in [1.807, 2.05) is 56.3 Å². The number of hydrogen-bond donors (Lipinski definition) is 3. The van der Waals surface area contributed by atoms with Crippen molar-refractivity contribution in [1.29, 1.82) is 0 Å². The lowest BCUT2D eigenvalue weighted by molar-refractivity contribution is -0.111. The third-order valence-corrected chi connectivity index (χ3v) is 8.76. The van der Waals surface area contributed by atoms with E-state index in [0.29, 0.717) is 41.3 Å². The fraction of sp³-hybridized carbons (Fsp3) is 0.263. The van der Waals surface area contributed by atoms with Crippen LogP contribution in [0.2, 0.25) is 0 Å².